The van der Waals surface area contributed by atoms with Crippen LogP contribution >= 0.6 is 11.8 Å². The second kappa shape index (κ2) is 4.71. The Labute approximate surface area is 88.7 Å². The summed E-state index contributed by atoms with van der Waals surface area (Å²) in [6, 6.07) is 7.94. The smallest absolute Gasteiger partial charge is 0.115 e. The maximum atomic E-state index is 9.38. The van der Waals surface area contributed by atoms with E-state index >= 15 is 0 Å². The van der Waals surface area contributed by atoms with Crippen LogP contribution in [0.5, 0.6) is 5.75 Å². The SMILES string of the molecule is Oc1cccc(C2CSCCCN2)c1. The van der Waals surface area contributed by atoms with E-state index in [1.165, 1.54) is 17.7 Å². The van der Waals surface area contributed by atoms with Gasteiger partial charge in [0, 0.05) is 11.8 Å². The molecule has 14 heavy (non-hydrogen) atoms. The molecular weight excluding hydrogens is 194 g/mol. The Morgan fingerprint density at radius 1 is 1.43 bits per heavy atom. The maximum Gasteiger partial charge on any atom is 0.115 e. The number of thioether (sulfide) groups is 1. The van der Waals surface area contributed by atoms with Crippen molar-refractivity contribution < 1.29 is 5.11 Å². The van der Waals surface area contributed by atoms with E-state index in [-0.39, 0.29) is 0 Å². The zero-order valence-electron chi connectivity index (χ0n) is 8.07. The monoisotopic (exact) mass is 209 g/mol. The lowest BCUT2D eigenvalue weighted by Crippen LogP contribution is -2.22. The van der Waals surface area contributed by atoms with Crippen LogP contribution < -0.4 is 5.32 Å². The van der Waals surface area contributed by atoms with Crippen molar-refractivity contribution in [3.63, 3.8) is 0 Å². The molecule has 2 N–H and O–H groups in total. The van der Waals surface area contributed by atoms with Crippen LogP contribution in [0.3, 0.4) is 0 Å². The summed E-state index contributed by atoms with van der Waals surface area (Å²) in [5.74, 6) is 2.70. The van der Waals surface area contributed by atoms with Crippen LogP contribution in [-0.2, 0) is 0 Å². The van der Waals surface area contributed by atoms with Crippen molar-refractivity contribution in [1.29, 1.82) is 0 Å². The quantitative estimate of drug-likeness (QED) is 0.743. The van der Waals surface area contributed by atoms with Gasteiger partial charge in [-0.05, 0) is 36.4 Å². The highest BCUT2D eigenvalue weighted by Crippen LogP contribution is 2.23. The molecule has 0 aromatic heterocycles. The molecule has 76 valence electrons. The van der Waals surface area contributed by atoms with Gasteiger partial charge in [-0.2, -0.15) is 11.8 Å². The number of hydrogen-bond acceptors (Lipinski definition) is 3. The number of aromatic hydroxyl groups is 1. The van der Waals surface area contributed by atoms with Crippen LogP contribution in [0, 0.1) is 0 Å². The van der Waals surface area contributed by atoms with Crippen molar-refractivity contribution in [1.82, 2.24) is 5.32 Å². The molecule has 2 rings (SSSR count). The molecule has 2 nitrogen and oxygen atoms in total. The Hall–Kier alpha value is -0.670. The summed E-state index contributed by atoms with van der Waals surface area (Å²) in [7, 11) is 0. The molecule has 1 aromatic rings. The topological polar surface area (TPSA) is 32.3 Å². The van der Waals surface area contributed by atoms with Crippen LogP contribution in [0.25, 0.3) is 0 Å². The molecule has 1 aliphatic heterocycles. The minimum Gasteiger partial charge on any atom is -0.508 e. The summed E-state index contributed by atoms with van der Waals surface area (Å²) in [6.45, 7) is 1.08. The molecule has 1 fully saturated rings. The summed E-state index contributed by atoms with van der Waals surface area (Å²) in [4.78, 5) is 0. The first-order valence-corrected chi connectivity index (χ1v) is 6.12. The van der Waals surface area contributed by atoms with Crippen molar-refractivity contribution in [2.24, 2.45) is 0 Å². The van der Waals surface area contributed by atoms with Gasteiger partial charge < -0.3 is 10.4 Å². The lowest BCUT2D eigenvalue weighted by molar-refractivity contribution is 0.472. The van der Waals surface area contributed by atoms with Gasteiger partial charge in [0.25, 0.3) is 0 Å². The average Bonchev–Trinajstić information content (AvgIpc) is 2.45. The Balaban J connectivity index is 2.12. The van der Waals surface area contributed by atoms with Gasteiger partial charge in [-0.1, -0.05) is 12.1 Å². The van der Waals surface area contributed by atoms with Crippen LogP contribution in [-0.4, -0.2) is 23.2 Å². The number of nitrogens with one attached hydrogen (secondary N) is 1. The predicted molar refractivity (Wildman–Crippen MR) is 60.8 cm³/mol. The van der Waals surface area contributed by atoms with E-state index in [2.05, 4.69) is 11.4 Å². The molecule has 0 saturated carbocycles. The van der Waals surface area contributed by atoms with Crippen LogP contribution in [0.15, 0.2) is 24.3 Å². The highest BCUT2D eigenvalue weighted by molar-refractivity contribution is 7.99. The third kappa shape index (κ3) is 2.42. The molecular formula is C11H15NOS. The first-order chi connectivity index (χ1) is 6.86. The summed E-state index contributed by atoms with van der Waals surface area (Å²) in [5.41, 5.74) is 1.19. The zero-order valence-corrected chi connectivity index (χ0v) is 8.89. The average molecular weight is 209 g/mol. The highest BCUT2D eigenvalue weighted by Gasteiger charge is 2.13. The van der Waals surface area contributed by atoms with E-state index in [4.69, 9.17) is 0 Å². The summed E-state index contributed by atoms with van der Waals surface area (Å²) in [5, 5.41) is 12.9. The summed E-state index contributed by atoms with van der Waals surface area (Å²) < 4.78 is 0. The van der Waals surface area contributed by atoms with E-state index < -0.39 is 0 Å². The molecule has 1 atom stereocenters. The molecule has 1 unspecified atom stereocenters. The number of phenols is 1. The Morgan fingerprint density at radius 3 is 3.21 bits per heavy atom. The number of hydrogen-bond donors (Lipinski definition) is 2. The fourth-order valence-electron chi connectivity index (χ4n) is 1.67. The minimum absolute atomic E-state index is 0.360. The number of rotatable bonds is 1. The van der Waals surface area contributed by atoms with Gasteiger partial charge in [-0.15, -0.1) is 0 Å². The normalized spacial score (nSPS) is 23.0. The second-order valence-corrected chi connectivity index (χ2v) is 4.68. The number of phenolic OH excluding ortho intramolecular Hbond substituents is 1. The number of benzene rings is 1. The van der Waals surface area contributed by atoms with Crippen molar-refractivity contribution in [3.8, 4) is 5.75 Å². The molecule has 1 saturated heterocycles. The van der Waals surface area contributed by atoms with Crippen LogP contribution in [0.2, 0.25) is 0 Å². The van der Waals surface area contributed by atoms with Gasteiger partial charge >= 0.3 is 0 Å². The van der Waals surface area contributed by atoms with Gasteiger partial charge in [-0.3, -0.25) is 0 Å². The Morgan fingerprint density at radius 2 is 2.36 bits per heavy atom. The standard InChI is InChI=1S/C11H15NOS/c13-10-4-1-3-9(7-10)11-8-14-6-2-5-12-11/h1,3-4,7,11-13H,2,5-6,8H2. The fraction of sp³-hybridized carbons (Fsp3) is 0.455. The largest absolute Gasteiger partial charge is 0.508 e. The third-order valence-corrected chi connectivity index (χ3v) is 3.56. The molecule has 0 amide bonds. The summed E-state index contributed by atoms with van der Waals surface area (Å²) >= 11 is 1.98. The fourth-order valence-corrected chi connectivity index (χ4v) is 2.73. The molecule has 1 heterocycles. The van der Waals surface area contributed by atoms with Crippen molar-refractivity contribution in [2.75, 3.05) is 18.1 Å². The van der Waals surface area contributed by atoms with Gasteiger partial charge in [0.1, 0.15) is 5.75 Å². The van der Waals surface area contributed by atoms with E-state index in [9.17, 15) is 5.11 Å². The van der Waals surface area contributed by atoms with Gasteiger partial charge in [0.05, 0.1) is 0 Å². The molecule has 3 heteroatoms. The van der Waals surface area contributed by atoms with Crippen LogP contribution in [0.4, 0.5) is 0 Å². The lowest BCUT2D eigenvalue weighted by atomic mass is 10.1. The third-order valence-electron chi connectivity index (χ3n) is 2.41. The molecule has 0 bridgehead atoms. The van der Waals surface area contributed by atoms with E-state index in [1.54, 1.807) is 6.07 Å². The lowest BCUT2D eigenvalue weighted by Gasteiger charge is -2.15. The Kier molecular flexibility index (Phi) is 3.32. The van der Waals surface area contributed by atoms with Crippen molar-refractivity contribution in [3.05, 3.63) is 29.8 Å². The first-order valence-electron chi connectivity index (χ1n) is 4.96. The minimum atomic E-state index is 0.360. The second-order valence-electron chi connectivity index (χ2n) is 3.53. The molecule has 1 aromatic carbocycles. The van der Waals surface area contributed by atoms with Crippen molar-refractivity contribution in [2.45, 2.75) is 12.5 Å². The van der Waals surface area contributed by atoms with E-state index in [0.717, 1.165) is 12.3 Å². The van der Waals surface area contributed by atoms with Gasteiger partial charge in [-0.25, -0.2) is 0 Å². The molecule has 1 aliphatic rings. The van der Waals surface area contributed by atoms with Gasteiger partial charge in [0.2, 0.25) is 0 Å². The first kappa shape index (κ1) is 9.87. The van der Waals surface area contributed by atoms with E-state index in [0.29, 0.717) is 11.8 Å². The molecule has 0 radical (unpaired) electrons. The van der Waals surface area contributed by atoms with Gasteiger partial charge in [0.15, 0.2) is 0 Å². The van der Waals surface area contributed by atoms with Crippen molar-refractivity contribution >= 4 is 11.8 Å². The highest BCUT2D eigenvalue weighted by atomic mass is 32.2. The maximum absolute atomic E-state index is 9.38. The van der Waals surface area contributed by atoms with E-state index in [1.807, 2.05) is 23.9 Å². The predicted octanol–water partition coefficient (Wildman–Crippen LogP) is 2.16. The summed E-state index contributed by atoms with van der Waals surface area (Å²) in [6.07, 6.45) is 1.24. The zero-order chi connectivity index (χ0) is 9.80. The molecule has 0 aliphatic carbocycles. The van der Waals surface area contributed by atoms with Crippen LogP contribution in [0.1, 0.15) is 18.0 Å². The Bertz CT molecular complexity index is 295. The molecule has 0 spiro atoms.